The van der Waals surface area contributed by atoms with Crippen LogP contribution in [0.25, 0.3) is 10.9 Å². The maximum atomic E-state index is 12.2. The summed E-state index contributed by atoms with van der Waals surface area (Å²) in [7, 11) is 1.50. The molecule has 2 N–H and O–H groups in total. The molecule has 1 aliphatic heterocycles. The second kappa shape index (κ2) is 7.67. The van der Waals surface area contributed by atoms with Crippen LogP contribution in [0.5, 0.6) is 17.2 Å². The number of amides is 1. The minimum absolute atomic E-state index is 0.0817. The van der Waals surface area contributed by atoms with E-state index < -0.39 is 0 Å². The lowest BCUT2D eigenvalue weighted by molar-refractivity contribution is -0.114. The molecular formula is C21H20N4O4. The van der Waals surface area contributed by atoms with Gasteiger partial charge in [-0.05, 0) is 35.9 Å². The third-order valence-electron chi connectivity index (χ3n) is 4.73. The van der Waals surface area contributed by atoms with E-state index in [-0.39, 0.29) is 11.7 Å². The van der Waals surface area contributed by atoms with Crippen LogP contribution in [-0.4, -0.2) is 41.2 Å². The number of phenols is 1. The average molecular weight is 392 g/mol. The van der Waals surface area contributed by atoms with Crippen molar-refractivity contribution < 1.29 is 19.4 Å². The molecule has 0 saturated heterocycles. The molecule has 0 atom stereocenters. The van der Waals surface area contributed by atoms with E-state index in [1.807, 2.05) is 12.1 Å². The summed E-state index contributed by atoms with van der Waals surface area (Å²) in [5, 5.41) is 13.8. The molecule has 0 fully saturated rings. The van der Waals surface area contributed by atoms with Crippen molar-refractivity contribution in [1.82, 2.24) is 9.97 Å². The maximum Gasteiger partial charge on any atom is 0.250 e. The number of hydrogen-bond acceptors (Lipinski definition) is 7. The molecule has 0 radical (unpaired) electrons. The van der Waals surface area contributed by atoms with Crippen LogP contribution in [0.3, 0.4) is 0 Å². The molecule has 8 heteroatoms. The summed E-state index contributed by atoms with van der Waals surface area (Å²) in [4.78, 5) is 22.6. The molecule has 0 unspecified atom stereocenters. The SMILES string of the molecule is C=CC(=O)N1CCOc2c1ccc1ncnc(NCc3ccc(O)c(OC)c3)c21. The molecular weight excluding hydrogens is 372 g/mol. The van der Waals surface area contributed by atoms with Crippen molar-refractivity contribution in [2.45, 2.75) is 6.54 Å². The number of hydrogen-bond donors (Lipinski definition) is 2. The van der Waals surface area contributed by atoms with E-state index in [2.05, 4.69) is 21.9 Å². The number of carbonyl (C=O) groups excluding carboxylic acids is 1. The molecule has 1 amide bonds. The van der Waals surface area contributed by atoms with Crippen molar-refractivity contribution in [3.63, 3.8) is 0 Å². The fourth-order valence-corrected chi connectivity index (χ4v) is 3.32. The van der Waals surface area contributed by atoms with Crippen LogP contribution < -0.4 is 19.7 Å². The van der Waals surface area contributed by atoms with Gasteiger partial charge >= 0.3 is 0 Å². The van der Waals surface area contributed by atoms with Crippen LogP contribution in [0, 0.1) is 0 Å². The zero-order valence-electron chi connectivity index (χ0n) is 15.9. The predicted molar refractivity (Wildman–Crippen MR) is 110 cm³/mol. The van der Waals surface area contributed by atoms with E-state index in [1.54, 1.807) is 23.1 Å². The average Bonchev–Trinajstić information content (AvgIpc) is 2.77. The Kier molecular flexibility index (Phi) is 4.90. The molecule has 0 spiro atoms. The summed E-state index contributed by atoms with van der Waals surface area (Å²) >= 11 is 0. The molecule has 0 aliphatic carbocycles. The summed E-state index contributed by atoms with van der Waals surface area (Å²) < 4.78 is 11.1. The number of benzene rings is 2. The molecule has 2 aromatic carbocycles. The second-order valence-corrected chi connectivity index (χ2v) is 6.43. The number of rotatable bonds is 5. The van der Waals surface area contributed by atoms with E-state index in [9.17, 15) is 9.90 Å². The van der Waals surface area contributed by atoms with Crippen molar-refractivity contribution in [3.8, 4) is 17.2 Å². The van der Waals surface area contributed by atoms with E-state index in [0.29, 0.717) is 53.6 Å². The van der Waals surface area contributed by atoms with Crippen molar-refractivity contribution in [3.05, 3.63) is 54.9 Å². The number of carbonyl (C=O) groups is 1. The summed E-state index contributed by atoms with van der Waals surface area (Å²) in [5.74, 6) is 1.45. The number of phenolic OH excluding ortho intramolecular Hbond substituents is 1. The molecule has 3 aromatic rings. The van der Waals surface area contributed by atoms with Gasteiger partial charge in [0.2, 0.25) is 0 Å². The number of nitrogens with zero attached hydrogens (tertiary/aromatic N) is 3. The van der Waals surface area contributed by atoms with Gasteiger partial charge in [-0.25, -0.2) is 9.97 Å². The zero-order chi connectivity index (χ0) is 20.4. The first-order valence-corrected chi connectivity index (χ1v) is 9.06. The van der Waals surface area contributed by atoms with Crippen LogP contribution in [0.2, 0.25) is 0 Å². The number of aromatic nitrogens is 2. The van der Waals surface area contributed by atoms with Gasteiger partial charge in [0.25, 0.3) is 5.91 Å². The summed E-state index contributed by atoms with van der Waals surface area (Å²) in [5.41, 5.74) is 2.27. The van der Waals surface area contributed by atoms with Gasteiger partial charge in [-0.2, -0.15) is 0 Å². The van der Waals surface area contributed by atoms with Gasteiger partial charge < -0.3 is 24.8 Å². The first-order chi connectivity index (χ1) is 14.1. The number of methoxy groups -OCH3 is 1. The Morgan fingerprint density at radius 2 is 2.24 bits per heavy atom. The first kappa shape index (κ1) is 18.5. The molecule has 29 heavy (non-hydrogen) atoms. The quantitative estimate of drug-likeness (QED) is 0.645. The van der Waals surface area contributed by atoms with Gasteiger partial charge in [0.05, 0.1) is 30.2 Å². The van der Waals surface area contributed by atoms with Gasteiger partial charge in [0.15, 0.2) is 17.2 Å². The normalized spacial score (nSPS) is 12.8. The maximum absolute atomic E-state index is 12.2. The number of ether oxygens (including phenoxy) is 2. The largest absolute Gasteiger partial charge is 0.504 e. The van der Waals surface area contributed by atoms with Gasteiger partial charge in [0, 0.05) is 6.54 Å². The molecule has 0 saturated carbocycles. The van der Waals surface area contributed by atoms with Crippen molar-refractivity contribution in [2.75, 3.05) is 30.5 Å². The van der Waals surface area contributed by atoms with E-state index in [4.69, 9.17) is 9.47 Å². The minimum Gasteiger partial charge on any atom is -0.504 e. The number of fused-ring (bicyclic) bond motifs is 3. The van der Waals surface area contributed by atoms with Crippen molar-refractivity contribution in [1.29, 1.82) is 0 Å². The lowest BCUT2D eigenvalue weighted by Gasteiger charge is -2.29. The molecule has 8 nitrogen and oxygen atoms in total. The molecule has 1 aliphatic rings. The minimum atomic E-state index is -0.184. The second-order valence-electron chi connectivity index (χ2n) is 6.43. The van der Waals surface area contributed by atoms with Gasteiger partial charge in [0.1, 0.15) is 18.8 Å². The van der Waals surface area contributed by atoms with Gasteiger partial charge in [-0.3, -0.25) is 4.79 Å². The van der Waals surface area contributed by atoms with Crippen LogP contribution in [-0.2, 0) is 11.3 Å². The summed E-state index contributed by atoms with van der Waals surface area (Å²) in [6.07, 6.45) is 2.77. The highest BCUT2D eigenvalue weighted by molar-refractivity contribution is 6.07. The Hall–Kier alpha value is -3.81. The molecule has 1 aromatic heterocycles. The summed E-state index contributed by atoms with van der Waals surface area (Å²) in [6.45, 7) is 4.84. The van der Waals surface area contributed by atoms with Gasteiger partial charge in [-0.15, -0.1) is 0 Å². The highest BCUT2D eigenvalue weighted by Crippen LogP contribution is 2.41. The number of nitrogens with one attached hydrogen (secondary N) is 1. The lowest BCUT2D eigenvalue weighted by Crippen LogP contribution is -2.36. The fourth-order valence-electron chi connectivity index (χ4n) is 3.32. The number of anilines is 2. The van der Waals surface area contributed by atoms with Crippen LogP contribution in [0.4, 0.5) is 11.5 Å². The topological polar surface area (TPSA) is 96.8 Å². The molecule has 2 heterocycles. The lowest BCUT2D eigenvalue weighted by atomic mass is 10.1. The highest BCUT2D eigenvalue weighted by atomic mass is 16.5. The third-order valence-corrected chi connectivity index (χ3v) is 4.73. The summed E-state index contributed by atoms with van der Waals surface area (Å²) in [6, 6.07) is 8.78. The van der Waals surface area contributed by atoms with Crippen LogP contribution >= 0.6 is 0 Å². The van der Waals surface area contributed by atoms with Crippen LogP contribution in [0.15, 0.2) is 49.3 Å². The Labute approximate surface area is 167 Å². The third kappa shape index (κ3) is 3.40. The van der Waals surface area contributed by atoms with E-state index in [0.717, 1.165) is 5.56 Å². The number of aromatic hydroxyl groups is 1. The Morgan fingerprint density at radius 1 is 1.38 bits per heavy atom. The Morgan fingerprint density at radius 3 is 3.03 bits per heavy atom. The van der Waals surface area contributed by atoms with Crippen molar-refractivity contribution >= 4 is 28.3 Å². The van der Waals surface area contributed by atoms with E-state index >= 15 is 0 Å². The standard InChI is InChI=1S/C21H20N4O4/c1-3-18(27)25-8-9-29-20-15(25)6-5-14-19(20)21(24-12-23-14)22-11-13-4-7-16(26)17(10-13)28-2/h3-7,10,12,26H,1,8-9,11H2,2H3,(H,22,23,24). The monoisotopic (exact) mass is 392 g/mol. The molecule has 0 bridgehead atoms. The smallest absolute Gasteiger partial charge is 0.250 e. The van der Waals surface area contributed by atoms with Gasteiger partial charge in [-0.1, -0.05) is 12.6 Å². The molecule has 148 valence electrons. The zero-order valence-corrected chi connectivity index (χ0v) is 15.9. The highest BCUT2D eigenvalue weighted by Gasteiger charge is 2.25. The Bertz CT molecular complexity index is 1100. The Balaban J connectivity index is 1.72. The van der Waals surface area contributed by atoms with Crippen LogP contribution in [0.1, 0.15) is 5.56 Å². The first-order valence-electron chi connectivity index (χ1n) is 9.06. The fraction of sp³-hybridized carbons (Fsp3) is 0.190. The predicted octanol–water partition coefficient (Wildman–Crippen LogP) is 2.87. The molecule has 4 rings (SSSR count). The van der Waals surface area contributed by atoms with E-state index in [1.165, 1.54) is 19.5 Å². The van der Waals surface area contributed by atoms with Crippen molar-refractivity contribution in [2.24, 2.45) is 0 Å².